The number of ether oxygens (including phenoxy) is 2. The smallest absolute Gasteiger partial charge is 0.336 e. The van der Waals surface area contributed by atoms with E-state index >= 15 is 0 Å². The molecular weight excluding hydrogens is 326 g/mol. The summed E-state index contributed by atoms with van der Waals surface area (Å²) in [5.74, 6) is -0.609. The lowest BCUT2D eigenvalue weighted by Gasteiger charge is -2.21. The van der Waals surface area contributed by atoms with E-state index in [9.17, 15) is 14.4 Å². The molecule has 0 bridgehead atoms. The molecule has 7 heteroatoms. The molecule has 0 aliphatic carbocycles. The molecule has 2 aromatic rings. The lowest BCUT2D eigenvalue weighted by molar-refractivity contribution is -0.146. The summed E-state index contributed by atoms with van der Waals surface area (Å²) >= 11 is 0. The first kappa shape index (κ1) is 18.5. The first-order chi connectivity index (χ1) is 11.9. The van der Waals surface area contributed by atoms with Crippen LogP contribution in [0, 0.1) is 5.92 Å². The number of hydrogen-bond acceptors (Lipinski definition) is 6. The summed E-state index contributed by atoms with van der Waals surface area (Å²) in [6.07, 6.45) is 0.713. The van der Waals surface area contributed by atoms with Crippen molar-refractivity contribution < 1.29 is 23.5 Å². The van der Waals surface area contributed by atoms with Gasteiger partial charge in [-0.2, -0.15) is 0 Å². The Labute approximate surface area is 144 Å². The summed E-state index contributed by atoms with van der Waals surface area (Å²) < 4.78 is 15.2. The van der Waals surface area contributed by atoms with Crippen molar-refractivity contribution >= 4 is 22.8 Å². The molecule has 0 radical (unpaired) electrons. The van der Waals surface area contributed by atoms with Gasteiger partial charge in [-0.25, -0.2) is 9.59 Å². The van der Waals surface area contributed by atoms with E-state index in [4.69, 9.17) is 13.9 Å². The van der Waals surface area contributed by atoms with Gasteiger partial charge in [0, 0.05) is 17.5 Å². The molecule has 0 spiro atoms. The Kier molecular flexibility index (Phi) is 6.16. The molecule has 0 unspecified atom stereocenters. The molecule has 1 aromatic heterocycles. The molecule has 0 aliphatic rings. The maximum Gasteiger partial charge on any atom is 0.336 e. The van der Waals surface area contributed by atoms with Crippen LogP contribution in [0.3, 0.4) is 0 Å². The van der Waals surface area contributed by atoms with Gasteiger partial charge < -0.3 is 19.2 Å². The summed E-state index contributed by atoms with van der Waals surface area (Å²) in [6, 6.07) is 7.18. The van der Waals surface area contributed by atoms with Crippen molar-refractivity contribution in [1.29, 1.82) is 0 Å². The quantitative estimate of drug-likeness (QED) is 0.607. The van der Waals surface area contributed by atoms with Crippen LogP contribution in [-0.4, -0.2) is 31.6 Å². The molecule has 0 aliphatic heterocycles. The number of rotatable bonds is 7. The normalized spacial score (nSPS) is 13.1. The van der Waals surface area contributed by atoms with Gasteiger partial charge in [-0.3, -0.25) is 4.79 Å². The molecule has 2 rings (SSSR count). The number of fused-ring (bicyclic) bond motifs is 1. The highest BCUT2D eigenvalue weighted by atomic mass is 16.5. The average molecular weight is 347 g/mol. The highest BCUT2D eigenvalue weighted by molar-refractivity contribution is 5.85. The Hall–Kier alpha value is -2.83. The summed E-state index contributed by atoms with van der Waals surface area (Å²) in [4.78, 5) is 35.1. The third-order valence-corrected chi connectivity index (χ3v) is 3.95. The van der Waals surface area contributed by atoms with Gasteiger partial charge in [0.1, 0.15) is 17.4 Å². The molecule has 1 amide bonds. The predicted molar refractivity (Wildman–Crippen MR) is 91.4 cm³/mol. The standard InChI is InChI=1S/C18H21NO6/c1-4-11(2)17(18(22)23-3)19-15(20)10-24-13-7-5-12-6-8-16(21)25-14(12)9-13/h5-9,11,17H,4,10H2,1-3H3,(H,19,20)/t11-,17+/m1/s1. The summed E-state index contributed by atoms with van der Waals surface area (Å²) in [7, 11) is 1.28. The Balaban J connectivity index is 2.01. The van der Waals surface area contributed by atoms with Gasteiger partial charge in [-0.1, -0.05) is 20.3 Å². The number of benzene rings is 1. The molecule has 134 valence electrons. The number of amides is 1. The number of carbonyl (C=O) groups excluding carboxylic acids is 2. The monoisotopic (exact) mass is 347 g/mol. The molecule has 1 aromatic carbocycles. The Morgan fingerprint density at radius 3 is 2.64 bits per heavy atom. The van der Waals surface area contributed by atoms with E-state index in [2.05, 4.69) is 5.32 Å². The second-order valence-electron chi connectivity index (χ2n) is 5.70. The zero-order valence-corrected chi connectivity index (χ0v) is 14.4. The van der Waals surface area contributed by atoms with E-state index in [-0.39, 0.29) is 12.5 Å². The van der Waals surface area contributed by atoms with Crippen molar-refractivity contribution in [2.45, 2.75) is 26.3 Å². The van der Waals surface area contributed by atoms with Crippen LogP contribution in [0.25, 0.3) is 11.0 Å². The molecule has 0 fully saturated rings. The van der Waals surface area contributed by atoms with Gasteiger partial charge in [-0.15, -0.1) is 0 Å². The largest absolute Gasteiger partial charge is 0.484 e. The zero-order chi connectivity index (χ0) is 18.4. The van der Waals surface area contributed by atoms with Crippen molar-refractivity contribution in [3.05, 3.63) is 40.8 Å². The van der Waals surface area contributed by atoms with Crippen molar-refractivity contribution in [2.75, 3.05) is 13.7 Å². The van der Waals surface area contributed by atoms with E-state index in [0.29, 0.717) is 17.8 Å². The minimum absolute atomic E-state index is 0.0636. The summed E-state index contributed by atoms with van der Waals surface area (Å²) in [6.45, 7) is 3.51. The van der Waals surface area contributed by atoms with E-state index in [1.807, 2.05) is 13.8 Å². The van der Waals surface area contributed by atoms with Crippen LogP contribution in [-0.2, 0) is 14.3 Å². The van der Waals surface area contributed by atoms with E-state index in [0.717, 1.165) is 5.39 Å². The fourth-order valence-corrected chi connectivity index (χ4v) is 2.29. The van der Waals surface area contributed by atoms with Gasteiger partial charge >= 0.3 is 11.6 Å². The van der Waals surface area contributed by atoms with Gasteiger partial charge in [-0.05, 0) is 24.1 Å². The first-order valence-corrected chi connectivity index (χ1v) is 7.98. The second-order valence-corrected chi connectivity index (χ2v) is 5.70. The van der Waals surface area contributed by atoms with Crippen LogP contribution >= 0.6 is 0 Å². The lowest BCUT2D eigenvalue weighted by atomic mass is 9.99. The maximum absolute atomic E-state index is 12.1. The zero-order valence-electron chi connectivity index (χ0n) is 14.4. The topological polar surface area (TPSA) is 94.8 Å². The van der Waals surface area contributed by atoms with Gasteiger partial charge in [0.25, 0.3) is 5.91 Å². The molecule has 1 heterocycles. The summed E-state index contributed by atoms with van der Waals surface area (Å²) in [5, 5.41) is 3.37. The van der Waals surface area contributed by atoms with E-state index < -0.39 is 23.5 Å². The third-order valence-electron chi connectivity index (χ3n) is 3.95. The SMILES string of the molecule is CC[C@@H](C)[C@H](NC(=O)COc1ccc2ccc(=O)oc2c1)C(=O)OC. The number of nitrogens with one attached hydrogen (secondary N) is 1. The molecule has 0 saturated carbocycles. The Morgan fingerprint density at radius 2 is 1.96 bits per heavy atom. The fourth-order valence-electron chi connectivity index (χ4n) is 2.29. The predicted octanol–water partition coefficient (Wildman–Crippen LogP) is 1.88. The van der Waals surface area contributed by atoms with Crippen LogP contribution < -0.4 is 15.7 Å². The minimum atomic E-state index is -0.722. The summed E-state index contributed by atoms with van der Waals surface area (Å²) in [5.41, 5.74) is -0.0886. The molecule has 2 atom stereocenters. The van der Waals surface area contributed by atoms with Crippen molar-refractivity contribution in [3.8, 4) is 5.75 Å². The molecular formula is C18H21NO6. The van der Waals surface area contributed by atoms with E-state index in [1.165, 1.54) is 19.2 Å². The van der Waals surface area contributed by atoms with Gasteiger partial charge in [0.2, 0.25) is 0 Å². The van der Waals surface area contributed by atoms with Crippen molar-refractivity contribution in [3.63, 3.8) is 0 Å². The lowest BCUT2D eigenvalue weighted by Crippen LogP contribution is -2.47. The second kappa shape index (κ2) is 8.32. The highest BCUT2D eigenvalue weighted by Gasteiger charge is 2.26. The highest BCUT2D eigenvalue weighted by Crippen LogP contribution is 2.19. The molecule has 25 heavy (non-hydrogen) atoms. The van der Waals surface area contributed by atoms with Crippen molar-refractivity contribution in [2.24, 2.45) is 5.92 Å². The number of hydrogen-bond donors (Lipinski definition) is 1. The van der Waals surface area contributed by atoms with Crippen LogP contribution in [0.4, 0.5) is 0 Å². The Bertz CT molecular complexity index is 813. The van der Waals surface area contributed by atoms with Gasteiger partial charge in [0.15, 0.2) is 6.61 Å². The average Bonchev–Trinajstić information content (AvgIpc) is 2.62. The molecule has 7 nitrogen and oxygen atoms in total. The first-order valence-electron chi connectivity index (χ1n) is 7.98. The van der Waals surface area contributed by atoms with Crippen LogP contribution in [0.15, 0.2) is 39.5 Å². The van der Waals surface area contributed by atoms with Crippen LogP contribution in [0.2, 0.25) is 0 Å². The maximum atomic E-state index is 12.1. The van der Waals surface area contributed by atoms with E-state index in [1.54, 1.807) is 18.2 Å². The number of esters is 1. The van der Waals surface area contributed by atoms with Gasteiger partial charge in [0.05, 0.1) is 7.11 Å². The van der Waals surface area contributed by atoms with Crippen LogP contribution in [0.1, 0.15) is 20.3 Å². The van der Waals surface area contributed by atoms with Crippen molar-refractivity contribution in [1.82, 2.24) is 5.32 Å². The molecule has 0 saturated heterocycles. The third kappa shape index (κ3) is 4.82. The minimum Gasteiger partial charge on any atom is -0.484 e. The fraction of sp³-hybridized carbons (Fsp3) is 0.389. The number of carbonyl (C=O) groups is 2. The Morgan fingerprint density at radius 1 is 1.24 bits per heavy atom. The molecule has 1 N–H and O–H groups in total. The number of methoxy groups -OCH3 is 1. The van der Waals surface area contributed by atoms with Crippen LogP contribution in [0.5, 0.6) is 5.75 Å².